The second-order valence-electron chi connectivity index (χ2n) is 7.33. The molecule has 0 saturated carbocycles. The summed E-state index contributed by atoms with van der Waals surface area (Å²) in [4.78, 5) is 19.9. The van der Waals surface area contributed by atoms with Gasteiger partial charge in [0, 0.05) is 30.4 Å². The molecule has 0 unspecified atom stereocenters. The van der Waals surface area contributed by atoms with Gasteiger partial charge in [0.1, 0.15) is 6.04 Å². The third-order valence-electron chi connectivity index (χ3n) is 5.18. The second kappa shape index (κ2) is 8.95. The van der Waals surface area contributed by atoms with Gasteiger partial charge >= 0.3 is 0 Å². The lowest BCUT2D eigenvalue weighted by Gasteiger charge is -2.39. The number of likely N-dealkylation sites (tertiary alicyclic amines) is 1. The van der Waals surface area contributed by atoms with Gasteiger partial charge < -0.3 is 5.32 Å². The first-order valence-corrected chi connectivity index (χ1v) is 9.66. The van der Waals surface area contributed by atoms with Gasteiger partial charge in [0.25, 0.3) is 0 Å². The SMILES string of the molecule is C[C@H](Cc1ccccn1)NC(=O)[C@H](c1ccccc1)N1CCCC[C@H]1C. The molecule has 0 bridgehead atoms. The summed E-state index contributed by atoms with van der Waals surface area (Å²) in [5, 5.41) is 3.22. The van der Waals surface area contributed by atoms with E-state index < -0.39 is 0 Å². The average Bonchev–Trinajstić information content (AvgIpc) is 2.65. The molecule has 26 heavy (non-hydrogen) atoms. The summed E-state index contributed by atoms with van der Waals surface area (Å²) in [6.45, 7) is 5.26. The maximum Gasteiger partial charge on any atom is 0.242 e. The molecule has 4 heteroatoms. The van der Waals surface area contributed by atoms with Crippen LogP contribution in [0.5, 0.6) is 0 Å². The first kappa shape index (κ1) is 18.6. The fourth-order valence-corrected chi connectivity index (χ4v) is 3.84. The van der Waals surface area contributed by atoms with Crippen molar-refractivity contribution in [3.8, 4) is 0 Å². The van der Waals surface area contributed by atoms with E-state index in [2.05, 4.69) is 34.3 Å². The van der Waals surface area contributed by atoms with E-state index in [9.17, 15) is 4.79 Å². The number of amides is 1. The Morgan fingerprint density at radius 2 is 1.96 bits per heavy atom. The molecule has 3 atom stereocenters. The Labute approximate surface area is 156 Å². The Kier molecular flexibility index (Phi) is 6.40. The molecule has 1 aromatic heterocycles. The van der Waals surface area contributed by atoms with Crippen LogP contribution in [0.4, 0.5) is 0 Å². The number of carbonyl (C=O) groups excluding carboxylic acids is 1. The van der Waals surface area contributed by atoms with Crippen molar-refractivity contribution in [1.82, 2.24) is 15.2 Å². The van der Waals surface area contributed by atoms with E-state index in [4.69, 9.17) is 0 Å². The zero-order valence-corrected chi connectivity index (χ0v) is 15.8. The highest BCUT2D eigenvalue weighted by Crippen LogP contribution is 2.29. The van der Waals surface area contributed by atoms with Crippen LogP contribution in [-0.4, -0.2) is 34.4 Å². The molecule has 2 aromatic rings. The largest absolute Gasteiger partial charge is 0.352 e. The third kappa shape index (κ3) is 4.70. The minimum atomic E-state index is -0.224. The minimum absolute atomic E-state index is 0.0451. The molecule has 1 aliphatic rings. The van der Waals surface area contributed by atoms with Crippen LogP contribution in [0.15, 0.2) is 54.7 Å². The number of nitrogens with zero attached hydrogens (tertiary/aromatic N) is 2. The quantitative estimate of drug-likeness (QED) is 0.862. The number of rotatable bonds is 6. The predicted molar refractivity (Wildman–Crippen MR) is 105 cm³/mol. The van der Waals surface area contributed by atoms with Crippen LogP contribution < -0.4 is 5.32 Å². The normalized spacial score (nSPS) is 20.3. The summed E-state index contributed by atoms with van der Waals surface area (Å²) in [5.41, 5.74) is 2.08. The minimum Gasteiger partial charge on any atom is -0.352 e. The van der Waals surface area contributed by atoms with Gasteiger partial charge in [-0.05, 0) is 50.9 Å². The van der Waals surface area contributed by atoms with Crippen LogP contribution in [0.2, 0.25) is 0 Å². The molecule has 1 aliphatic heterocycles. The van der Waals surface area contributed by atoms with E-state index in [1.54, 1.807) is 6.20 Å². The number of hydrogen-bond acceptors (Lipinski definition) is 3. The van der Waals surface area contributed by atoms with E-state index >= 15 is 0 Å². The van der Waals surface area contributed by atoms with Crippen molar-refractivity contribution in [1.29, 1.82) is 0 Å². The van der Waals surface area contributed by atoms with E-state index in [1.807, 2.05) is 43.3 Å². The number of carbonyl (C=O) groups is 1. The number of pyridine rings is 1. The van der Waals surface area contributed by atoms with Gasteiger partial charge in [-0.3, -0.25) is 14.7 Å². The zero-order chi connectivity index (χ0) is 18.4. The third-order valence-corrected chi connectivity index (χ3v) is 5.18. The Morgan fingerprint density at radius 3 is 2.65 bits per heavy atom. The Bertz CT molecular complexity index is 689. The van der Waals surface area contributed by atoms with Gasteiger partial charge in [-0.2, -0.15) is 0 Å². The standard InChI is InChI=1S/C22H29N3O/c1-17(16-20-13-6-8-14-23-20)24-22(26)21(19-11-4-3-5-12-19)25-15-9-7-10-18(25)2/h3-6,8,11-14,17-18,21H,7,9-10,15-16H2,1-2H3,(H,24,26)/t17-,18-,21+/m1/s1. The van der Waals surface area contributed by atoms with Crippen molar-refractivity contribution in [2.75, 3.05) is 6.54 Å². The lowest BCUT2D eigenvalue weighted by atomic mass is 9.96. The molecule has 3 rings (SSSR count). The molecule has 1 amide bonds. The first-order valence-electron chi connectivity index (χ1n) is 9.66. The molecule has 1 fully saturated rings. The molecule has 4 nitrogen and oxygen atoms in total. The molecule has 0 radical (unpaired) electrons. The Morgan fingerprint density at radius 1 is 1.19 bits per heavy atom. The fraction of sp³-hybridized carbons (Fsp3) is 0.455. The molecule has 0 aliphatic carbocycles. The summed E-state index contributed by atoms with van der Waals surface area (Å²) >= 11 is 0. The van der Waals surface area contributed by atoms with Gasteiger partial charge in [-0.1, -0.05) is 42.8 Å². The molecule has 0 spiro atoms. The van der Waals surface area contributed by atoms with Gasteiger partial charge in [0.05, 0.1) is 0 Å². The van der Waals surface area contributed by atoms with Gasteiger partial charge in [0.2, 0.25) is 5.91 Å². The molecular formula is C22H29N3O. The highest BCUT2D eigenvalue weighted by molar-refractivity contribution is 5.83. The van der Waals surface area contributed by atoms with Crippen LogP contribution in [-0.2, 0) is 11.2 Å². The van der Waals surface area contributed by atoms with Crippen molar-refractivity contribution < 1.29 is 4.79 Å². The van der Waals surface area contributed by atoms with E-state index in [0.29, 0.717) is 6.04 Å². The Hall–Kier alpha value is -2.20. The second-order valence-corrected chi connectivity index (χ2v) is 7.33. The van der Waals surface area contributed by atoms with Crippen LogP contribution in [0.1, 0.15) is 50.4 Å². The van der Waals surface area contributed by atoms with Crippen molar-refractivity contribution in [2.45, 2.75) is 57.7 Å². The average molecular weight is 351 g/mol. The number of piperidine rings is 1. The van der Waals surface area contributed by atoms with Crippen LogP contribution in [0.3, 0.4) is 0 Å². The molecule has 1 aromatic carbocycles. The molecule has 1 N–H and O–H groups in total. The van der Waals surface area contributed by atoms with Crippen molar-refractivity contribution in [3.05, 3.63) is 66.0 Å². The monoisotopic (exact) mass is 351 g/mol. The van der Waals surface area contributed by atoms with Crippen molar-refractivity contribution in [3.63, 3.8) is 0 Å². The lowest BCUT2D eigenvalue weighted by Crippen LogP contribution is -2.48. The molecule has 2 heterocycles. The van der Waals surface area contributed by atoms with Gasteiger partial charge in [-0.15, -0.1) is 0 Å². The number of hydrogen-bond donors (Lipinski definition) is 1. The summed E-state index contributed by atoms with van der Waals surface area (Å²) in [5.74, 6) is 0.0911. The summed E-state index contributed by atoms with van der Waals surface area (Å²) in [6, 6.07) is 16.3. The zero-order valence-electron chi connectivity index (χ0n) is 15.8. The van der Waals surface area contributed by atoms with Crippen molar-refractivity contribution in [2.24, 2.45) is 0 Å². The topological polar surface area (TPSA) is 45.2 Å². The first-order chi connectivity index (χ1) is 12.6. The lowest BCUT2D eigenvalue weighted by molar-refractivity contribution is -0.128. The fourth-order valence-electron chi connectivity index (χ4n) is 3.84. The Balaban J connectivity index is 1.74. The van der Waals surface area contributed by atoms with Crippen LogP contribution in [0, 0.1) is 0 Å². The van der Waals surface area contributed by atoms with Crippen molar-refractivity contribution >= 4 is 5.91 Å². The van der Waals surface area contributed by atoms with E-state index in [1.165, 1.54) is 6.42 Å². The van der Waals surface area contributed by atoms with Crippen LogP contribution in [0.25, 0.3) is 0 Å². The van der Waals surface area contributed by atoms with Gasteiger partial charge in [-0.25, -0.2) is 0 Å². The maximum absolute atomic E-state index is 13.2. The molecule has 1 saturated heterocycles. The van der Waals surface area contributed by atoms with E-state index in [0.717, 1.165) is 37.1 Å². The summed E-state index contributed by atoms with van der Waals surface area (Å²) in [6.07, 6.45) is 6.09. The molecular weight excluding hydrogens is 322 g/mol. The number of benzene rings is 1. The van der Waals surface area contributed by atoms with Crippen LogP contribution >= 0.6 is 0 Å². The summed E-state index contributed by atoms with van der Waals surface area (Å²) < 4.78 is 0. The highest BCUT2D eigenvalue weighted by Gasteiger charge is 2.32. The number of aromatic nitrogens is 1. The van der Waals surface area contributed by atoms with E-state index in [-0.39, 0.29) is 18.0 Å². The smallest absolute Gasteiger partial charge is 0.242 e. The number of nitrogens with one attached hydrogen (secondary N) is 1. The molecule has 138 valence electrons. The van der Waals surface area contributed by atoms with Gasteiger partial charge in [0.15, 0.2) is 0 Å². The highest BCUT2D eigenvalue weighted by atomic mass is 16.2. The maximum atomic E-state index is 13.2. The predicted octanol–water partition coefficient (Wildman–Crippen LogP) is 3.74. The summed E-state index contributed by atoms with van der Waals surface area (Å²) in [7, 11) is 0.